The van der Waals surface area contributed by atoms with Gasteiger partial charge in [0.25, 0.3) is 0 Å². The molecule has 2 amide bonds. The summed E-state index contributed by atoms with van der Waals surface area (Å²) in [6.45, 7) is 2.08. The van der Waals surface area contributed by atoms with Gasteiger partial charge in [0.1, 0.15) is 0 Å². The summed E-state index contributed by atoms with van der Waals surface area (Å²) in [5.41, 5.74) is 0.703. The van der Waals surface area contributed by atoms with Gasteiger partial charge in [-0.15, -0.1) is 0 Å². The minimum absolute atomic E-state index is 0.311. The molecule has 0 bridgehead atoms. The first-order chi connectivity index (χ1) is 8.06. The summed E-state index contributed by atoms with van der Waals surface area (Å²) in [7, 11) is 4.66. The second-order valence-electron chi connectivity index (χ2n) is 3.54. The van der Waals surface area contributed by atoms with Crippen LogP contribution in [0.1, 0.15) is 5.69 Å². The van der Waals surface area contributed by atoms with Crippen LogP contribution in [0.2, 0.25) is 0 Å². The Hall–Kier alpha value is -1.60. The quantitative estimate of drug-likeness (QED) is 0.782. The highest BCUT2D eigenvalue weighted by molar-refractivity contribution is 5.87. The van der Waals surface area contributed by atoms with Crippen LogP contribution < -0.4 is 5.32 Å². The third-order valence-electron chi connectivity index (χ3n) is 2.15. The summed E-state index contributed by atoms with van der Waals surface area (Å²) >= 11 is 0. The fraction of sp³-hybridized carbons (Fsp3) is 0.600. The average Bonchev–Trinajstić information content (AvgIpc) is 2.71. The van der Waals surface area contributed by atoms with Crippen LogP contribution in [0.5, 0.6) is 0 Å². The zero-order valence-corrected chi connectivity index (χ0v) is 10.4. The summed E-state index contributed by atoms with van der Waals surface area (Å²) in [5, 5.41) is 6.23. The molecule has 17 heavy (non-hydrogen) atoms. The molecule has 0 spiro atoms. The van der Waals surface area contributed by atoms with Crippen molar-refractivity contribution in [3.63, 3.8) is 0 Å². The zero-order chi connectivity index (χ0) is 12.8. The molecule has 1 rings (SSSR count). The van der Waals surface area contributed by atoms with Gasteiger partial charge < -0.3 is 18.9 Å². The van der Waals surface area contributed by atoms with Crippen LogP contribution in [0, 0.1) is 6.92 Å². The van der Waals surface area contributed by atoms with Crippen LogP contribution in [-0.2, 0) is 9.47 Å². The van der Waals surface area contributed by atoms with Gasteiger partial charge in [0.15, 0.2) is 6.29 Å². The van der Waals surface area contributed by atoms with Gasteiger partial charge in [-0.1, -0.05) is 5.16 Å². The van der Waals surface area contributed by atoms with Crippen molar-refractivity contribution in [2.45, 2.75) is 13.2 Å². The smallest absolute Gasteiger partial charge is 0.324 e. The number of hydrogen-bond acceptors (Lipinski definition) is 5. The van der Waals surface area contributed by atoms with Gasteiger partial charge in [-0.3, -0.25) is 5.32 Å². The van der Waals surface area contributed by atoms with Crippen LogP contribution in [0.15, 0.2) is 10.6 Å². The Morgan fingerprint density at radius 2 is 2.24 bits per heavy atom. The van der Waals surface area contributed by atoms with Crippen molar-refractivity contribution < 1.29 is 18.8 Å². The molecule has 0 aliphatic heterocycles. The maximum Gasteiger partial charge on any atom is 0.324 e. The van der Waals surface area contributed by atoms with Crippen LogP contribution in [0.25, 0.3) is 0 Å². The van der Waals surface area contributed by atoms with Crippen molar-refractivity contribution in [2.75, 3.05) is 33.1 Å². The van der Waals surface area contributed by atoms with Crippen molar-refractivity contribution in [1.82, 2.24) is 10.1 Å². The van der Waals surface area contributed by atoms with Gasteiger partial charge in [0, 0.05) is 27.3 Å². The molecule has 0 radical (unpaired) electrons. The van der Waals surface area contributed by atoms with E-state index in [0.29, 0.717) is 18.1 Å². The average molecular weight is 243 g/mol. The number of methoxy groups -OCH3 is 2. The number of carbonyl (C=O) groups excluding carboxylic acids is 1. The summed E-state index contributed by atoms with van der Waals surface area (Å²) < 4.78 is 14.9. The van der Waals surface area contributed by atoms with Crippen LogP contribution in [-0.4, -0.2) is 50.2 Å². The number of nitrogens with zero attached hydrogens (tertiary/aromatic N) is 2. The van der Waals surface area contributed by atoms with Crippen molar-refractivity contribution in [1.29, 1.82) is 0 Å². The number of anilines is 1. The lowest BCUT2D eigenvalue weighted by Crippen LogP contribution is -2.38. The maximum atomic E-state index is 11.7. The van der Waals surface area contributed by atoms with E-state index in [-0.39, 0.29) is 6.03 Å². The molecule has 0 fully saturated rings. The molecular formula is C10H17N3O4. The molecule has 7 heteroatoms. The van der Waals surface area contributed by atoms with Crippen molar-refractivity contribution in [3.05, 3.63) is 11.8 Å². The van der Waals surface area contributed by atoms with Crippen molar-refractivity contribution in [3.8, 4) is 0 Å². The molecule has 0 aliphatic carbocycles. The number of ether oxygens (including phenoxy) is 2. The Kier molecular flexibility index (Phi) is 4.92. The Balaban J connectivity index is 2.46. The predicted molar refractivity (Wildman–Crippen MR) is 60.7 cm³/mol. The van der Waals surface area contributed by atoms with Crippen LogP contribution >= 0.6 is 0 Å². The molecule has 7 nitrogen and oxygen atoms in total. The molecule has 0 unspecified atom stereocenters. The Bertz CT molecular complexity index is 362. The molecule has 1 N–H and O–H groups in total. The zero-order valence-electron chi connectivity index (χ0n) is 10.4. The first-order valence-electron chi connectivity index (χ1n) is 5.07. The number of nitrogens with one attached hydrogen (secondary N) is 1. The molecule has 0 aromatic carbocycles. The standard InChI is InChI=1S/C10H17N3O4/c1-7-5-8(17-12-7)11-10(14)13(2)6-9(15-3)16-4/h5,9H,6H2,1-4H3,(H,11,14). The number of likely N-dealkylation sites (N-methyl/N-ethyl adjacent to an activating group) is 1. The second kappa shape index (κ2) is 6.21. The maximum absolute atomic E-state index is 11.7. The SMILES string of the molecule is COC(CN(C)C(=O)Nc1cc(C)no1)OC. The third kappa shape index (κ3) is 4.04. The second-order valence-corrected chi connectivity index (χ2v) is 3.54. The minimum atomic E-state index is -0.456. The highest BCUT2D eigenvalue weighted by Gasteiger charge is 2.15. The molecule has 0 saturated heterocycles. The van der Waals surface area contributed by atoms with Gasteiger partial charge in [-0.25, -0.2) is 4.79 Å². The van der Waals surface area contributed by atoms with E-state index in [9.17, 15) is 4.79 Å². The lowest BCUT2D eigenvalue weighted by molar-refractivity contribution is -0.108. The number of urea groups is 1. The van der Waals surface area contributed by atoms with E-state index in [4.69, 9.17) is 14.0 Å². The Morgan fingerprint density at radius 1 is 1.59 bits per heavy atom. The van der Waals surface area contributed by atoms with E-state index in [1.165, 1.54) is 19.1 Å². The number of aromatic nitrogens is 1. The topological polar surface area (TPSA) is 76.8 Å². The van der Waals surface area contributed by atoms with Gasteiger partial charge in [0.2, 0.25) is 5.88 Å². The van der Waals surface area contributed by atoms with E-state index in [2.05, 4.69) is 10.5 Å². The molecular weight excluding hydrogens is 226 g/mol. The van der Waals surface area contributed by atoms with E-state index in [0.717, 1.165) is 0 Å². The molecule has 0 saturated carbocycles. The highest BCUT2D eigenvalue weighted by Crippen LogP contribution is 2.09. The molecule has 96 valence electrons. The number of amides is 2. The largest absolute Gasteiger partial charge is 0.354 e. The lowest BCUT2D eigenvalue weighted by atomic mass is 10.5. The Morgan fingerprint density at radius 3 is 2.71 bits per heavy atom. The molecule has 0 atom stereocenters. The first kappa shape index (κ1) is 13.5. The fourth-order valence-electron chi connectivity index (χ4n) is 1.18. The normalized spacial score (nSPS) is 10.6. The van der Waals surface area contributed by atoms with Crippen molar-refractivity contribution in [2.24, 2.45) is 0 Å². The minimum Gasteiger partial charge on any atom is -0.354 e. The third-order valence-corrected chi connectivity index (χ3v) is 2.15. The van der Waals surface area contributed by atoms with Crippen LogP contribution in [0.4, 0.5) is 10.7 Å². The summed E-state index contributed by atoms with van der Waals surface area (Å²) in [6.07, 6.45) is -0.456. The fourth-order valence-corrected chi connectivity index (χ4v) is 1.18. The van der Waals surface area contributed by atoms with E-state index in [1.54, 1.807) is 20.0 Å². The van der Waals surface area contributed by atoms with Gasteiger partial charge in [0.05, 0.1) is 12.2 Å². The highest BCUT2D eigenvalue weighted by atomic mass is 16.7. The summed E-state index contributed by atoms with van der Waals surface area (Å²) in [5.74, 6) is 0.311. The lowest BCUT2D eigenvalue weighted by Gasteiger charge is -2.21. The monoisotopic (exact) mass is 243 g/mol. The number of hydrogen-bond donors (Lipinski definition) is 1. The van der Waals surface area contributed by atoms with E-state index in [1.807, 2.05) is 0 Å². The molecule has 1 aromatic heterocycles. The number of carbonyl (C=O) groups is 1. The number of rotatable bonds is 5. The van der Waals surface area contributed by atoms with Gasteiger partial charge in [-0.05, 0) is 6.92 Å². The predicted octanol–water partition coefficient (Wildman–Crippen LogP) is 1.07. The number of aryl methyl sites for hydroxylation is 1. The van der Waals surface area contributed by atoms with E-state index < -0.39 is 6.29 Å². The van der Waals surface area contributed by atoms with Crippen molar-refractivity contribution >= 4 is 11.9 Å². The van der Waals surface area contributed by atoms with Crippen LogP contribution in [0.3, 0.4) is 0 Å². The summed E-state index contributed by atoms with van der Waals surface area (Å²) in [4.78, 5) is 13.1. The van der Waals surface area contributed by atoms with Gasteiger partial charge >= 0.3 is 6.03 Å². The molecule has 0 aliphatic rings. The van der Waals surface area contributed by atoms with Gasteiger partial charge in [-0.2, -0.15) is 0 Å². The molecule has 1 aromatic rings. The first-order valence-corrected chi connectivity index (χ1v) is 5.07. The Labute approximate surface area is 99.6 Å². The molecule has 1 heterocycles. The summed E-state index contributed by atoms with van der Waals surface area (Å²) in [6, 6.07) is 1.32. The van der Waals surface area contributed by atoms with E-state index >= 15 is 0 Å².